The second kappa shape index (κ2) is 12.5. The number of rotatable bonds is 13. The Balaban J connectivity index is 1.70. The average molecular weight is 460 g/mol. The average Bonchev–Trinajstić information content (AvgIpc) is 2.73. The minimum Gasteiger partial charge on any atom is -0.378 e. The Morgan fingerprint density at radius 2 is 1.87 bits per heavy atom. The summed E-state index contributed by atoms with van der Waals surface area (Å²) in [4.78, 5) is 2.23. The predicted molar refractivity (Wildman–Crippen MR) is 120 cm³/mol. The molecule has 0 aliphatic heterocycles. The van der Waals surface area contributed by atoms with Crippen LogP contribution < -0.4 is 4.72 Å². The van der Waals surface area contributed by atoms with Crippen molar-refractivity contribution in [1.29, 1.82) is 0 Å². The van der Waals surface area contributed by atoms with Gasteiger partial charge in [0.2, 0.25) is 0 Å². The minimum absolute atomic E-state index is 0.143. The maximum absolute atomic E-state index is 13.8. The molecule has 1 aromatic carbocycles. The summed E-state index contributed by atoms with van der Waals surface area (Å²) in [6.45, 7) is 6.40. The Kier molecular flexibility index (Phi) is 10.3. The van der Waals surface area contributed by atoms with E-state index in [2.05, 4.69) is 23.2 Å². The zero-order valence-corrected chi connectivity index (χ0v) is 19.3. The lowest BCUT2D eigenvalue weighted by Gasteiger charge is -2.34. The van der Waals surface area contributed by atoms with Gasteiger partial charge in [-0.2, -0.15) is 12.7 Å². The first-order chi connectivity index (χ1) is 14.7. The van der Waals surface area contributed by atoms with Gasteiger partial charge in [-0.05, 0) is 70.7 Å². The molecule has 1 aliphatic rings. The molecule has 1 N–H and O–H groups in total. The second-order valence-corrected chi connectivity index (χ2v) is 9.89. The number of hydrogen-bond acceptors (Lipinski definition) is 4. The summed E-state index contributed by atoms with van der Waals surface area (Å²) in [5.74, 6) is -1.52. The minimum atomic E-state index is -3.98. The highest BCUT2D eigenvalue weighted by Crippen LogP contribution is 2.27. The molecule has 0 saturated heterocycles. The molecule has 2 rings (SSSR count). The molecule has 0 radical (unpaired) electrons. The first-order valence-corrected chi connectivity index (χ1v) is 12.3. The van der Waals surface area contributed by atoms with Crippen LogP contribution in [-0.4, -0.2) is 63.6 Å². The number of anilines is 1. The molecule has 0 unspecified atom stereocenters. The summed E-state index contributed by atoms with van der Waals surface area (Å²) in [5, 5.41) is 0. The van der Waals surface area contributed by atoms with E-state index in [4.69, 9.17) is 4.74 Å². The lowest BCUT2D eigenvalue weighted by molar-refractivity contribution is 0.0156. The van der Waals surface area contributed by atoms with Gasteiger partial charge < -0.3 is 9.64 Å². The van der Waals surface area contributed by atoms with E-state index in [1.165, 1.54) is 11.4 Å². The van der Waals surface area contributed by atoms with Crippen molar-refractivity contribution < 1.29 is 21.9 Å². The maximum Gasteiger partial charge on any atom is 0.301 e. The van der Waals surface area contributed by atoms with Crippen molar-refractivity contribution in [3.05, 3.63) is 42.5 Å². The van der Waals surface area contributed by atoms with E-state index in [9.17, 15) is 17.2 Å². The van der Waals surface area contributed by atoms with Crippen LogP contribution in [0, 0.1) is 11.6 Å². The van der Waals surface area contributed by atoms with Crippen LogP contribution in [0.2, 0.25) is 0 Å². The molecule has 0 aromatic heterocycles. The number of nitrogens with one attached hydrogen (secondary N) is 1. The SMILES string of the molecule is C=CCN(C)CCCCCO[C@H]1CC[C@H](N(C)S(=O)(=O)Nc2cc(F)ccc2F)CC1. The van der Waals surface area contributed by atoms with Gasteiger partial charge in [-0.1, -0.05) is 6.08 Å². The number of hydrogen-bond donors (Lipinski definition) is 1. The molecule has 9 heteroatoms. The molecule has 1 aromatic rings. The summed E-state index contributed by atoms with van der Waals surface area (Å²) in [7, 11) is -0.434. The molecule has 1 aliphatic carbocycles. The summed E-state index contributed by atoms with van der Waals surface area (Å²) in [6.07, 6.45) is 8.19. The maximum atomic E-state index is 13.8. The first-order valence-electron chi connectivity index (χ1n) is 10.8. The molecule has 0 atom stereocenters. The Hall–Kier alpha value is -1.55. The van der Waals surface area contributed by atoms with E-state index >= 15 is 0 Å². The number of unbranched alkanes of at least 4 members (excludes halogenated alkanes) is 2. The first kappa shape index (κ1) is 25.7. The zero-order chi connectivity index (χ0) is 22.9. The second-order valence-electron chi connectivity index (χ2n) is 8.16. The van der Waals surface area contributed by atoms with E-state index < -0.39 is 21.8 Å². The van der Waals surface area contributed by atoms with Crippen molar-refractivity contribution in [1.82, 2.24) is 9.21 Å². The Morgan fingerprint density at radius 1 is 1.16 bits per heavy atom. The van der Waals surface area contributed by atoms with Gasteiger partial charge in [0.15, 0.2) is 0 Å². The fourth-order valence-corrected chi connectivity index (χ4v) is 4.96. The highest BCUT2D eigenvalue weighted by molar-refractivity contribution is 7.90. The quantitative estimate of drug-likeness (QED) is 0.355. The lowest BCUT2D eigenvalue weighted by atomic mass is 9.93. The molecule has 6 nitrogen and oxygen atoms in total. The van der Waals surface area contributed by atoms with Crippen LogP contribution in [0.3, 0.4) is 0 Å². The van der Waals surface area contributed by atoms with Crippen molar-refractivity contribution in [2.75, 3.05) is 38.5 Å². The van der Waals surface area contributed by atoms with E-state index in [1.807, 2.05) is 6.08 Å². The molecule has 31 heavy (non-hydrogen) atoms. The number of likely N-dealkylation sites (N-methyl/N-ethyl adjacent to an activating group) is 1. The lowest BCUT2D eigenvalue weighted by Crippen LogP contribution is -2.43. The van der Waals surface area contributed by atoms with Gasteiger partial charge in [0.1, 0.15) is 11.6 Å². The summed E-state index contributed by atoms with van der Waals surface area (Å²) in [5.41, 5.74) is -0.389. The zero-order valence-electron chi connectivity index (χ0n) is 18.5. The van der Waals surface area contributed by atoms with Crippen LogP contribution in [0.25, 0.3) is 0 Å². The summed E-state index contributed by atoms with van der Waals surface area (Å²) < 4.78 is 61.6. The van der Waals surface area contributed by atoms with E-state index in [0.717, 1.165) is 70.0 Å². The highest BCUT2D eigenvalue weighted by Gasteiger charge is 2.31. The molecule has 0 spiro atoms. The van der Waals surface area contributed by atoms with Crippen LogP contribution in [-0.2, 0) is 14.9 Å². The fourth-order valence-electron chi connectivity index (χ4n) is 3.78. The number of ether oxygens (including phenoxy) is 1. The van der Waals surface area contributed by atoms with Crippen molar-refractivity contribution in [2.24, 2.45) is 0 Å². The third-order valence-electron chi connectivity index (χ3n) is 5.68. The highest BCUT2D eigenvalue weighted by atomic mass is 32.2. The van der Waals surface area contributed by atoms with Crippen LogP contribution in [0.5, 0.6) is 0 Å². The van der Waals surface area contributed by atoms with Gasteiger partial charge >= 0.3 is 10.2 Å². The topological polar surface area (TPSA) is 61.9 Å². The van der Waals surface area contributed by atoms with Gasteiger partial charge in [-0.25, -0.2) is 8.78 Å². The molecule has 1 fully saturated rings. The number of nitrogens with zero attached hydrogens (tertiary/aromatic N) is 2. The molecule has 1 saturated carbocycles. The summed E-state index contributed by atoms with van der Waals surface area (Å²) in [6, 6.07) is 2.48. The Morgan fingerprint density at radius 3 is 2.55 bits per heavy atom. The molecule has 0 amide bonds. The normalized spacial score (nSPS) is 19.7. The van der Waals surface area contributed by atoms with E-state index in [1.54, 1.807) is 0 Å². The molecule has 176 valence electrons. The third kappa shape index (κ3) is 8.48. The van der Waals surface area contributed by atoms with Crippen molar-refractivity contribution in [3.8, 4) is 0 Å². The van der Waals surface area contributed by atoms with Gasteiger partial charge in [-0.3, -0.25) is 4.72 Å². The third-order valence-corrected chi connectivity index (χ3v) is 7.22. The van der Waals surface area contributed by atoms with E-state index in [0.29, 0.717) is 12.8 Å². The van der Waals surface area contributed by atoms with Crippen LogP contribution >= 0.6 is 0 Å². The van der Waals surface area contributed by atoms with Crippen molar-refractivity contribution >= 4 is 15.9 Å². The van der Waals surface area contributed by atoms with Crippen molar-refractivity contribution in [2.45, 2.75) is 57.1 Å². The molecular formula is C22H35F2N3O3S. The van der Waals surface area contributed by atoms with Gasteiger partial charge in [0.05, 0.1) is 11.8 Å². The number of halogens is 2. The largest absolute Gasteiger partial charge is 0.378 e. The summed E-state index contributed by atoms with van der Waals surface area (Å²) >= 11 is 0. The van der Waals surface area contributed by atoms with Gasteiger partial charge in [0, 0.05) is 32.3 Å². The molecule has 0 heterocycles. The Labute approximate surface area is 185 Å². The molecular weight excluding hydrogens is 424 g/mol. The Bertz CT molecular complexity index is 799. The standard InChI is InChI=1S/C22H35F2N3O3S/c1-4-14-26(2)15-6-5-7-16-30-20-11-9-19(10-12-20)27(3)31(28,29)25-22-17-18(23)8-13-21(22)24/h4,8,13,17,19-20,25H,1,5-7,9-12,14-16H2,2-3H3/t19-,20-. The van der Waals surface area contributed by atoms with Crippen LogP contribution in [0.1, 0.15) is 44.9 Å². The van der Waals surface area contributed by atoms with Crippen molar-refractivity contribution in [3.63, 3.8) is 0 Å². The predicted octanol–water partition coefficient (Wildman–Crippen LogP) is 4.17. The fraction of sp³-hybridized carbons (Fsp3) is 0.636. The van der Waals surface area contributed by atoms with Gasteiger partial charge in [-0.15, -0.1) is 6.58 Å². The van der Waals surface area contributed by atoms with Crippen LogP contribution in [0.15, 0.2) is 30.9 Å². The smallest absolute Gasteiger partial charge is 0.301 e. The monoisotopic (exact) mass is 459 g/mol. The van der Waals surface area contributed by atoms with Crippen LogP contribution in [0.4, 0.5) is 14.5 Å². The van der Waals surface area contributed by atoms with Gasteiger partial charge in [0.25, 0.3) is 0 Å². The van der Waals surface area contributed by atoms with E-state index in [-0.39, 0.29) is 17.8 Å². The number of benzene rings is 1. The molecule has 0 bridgehead atoms.